The van der Waals surface area contributed by atoms with Gasteiger partial charge < -0.3 is 9.73 Å². The summed E-state index contributed by atoms with van der Waals surface area (Å²) in [7, 11) is 0. The van der Waals surface area contributed by atoms with Crippen molar-refractivity contribution in [2.24, 2.45) is 0 Å². The first-order valence-electron chi connectivity index (χ1n) is 4.43. The molecule has 0 fully saturated rings. The van der Waals surface area contributed by atoms with Gasteiger partial charge in [-0.1, -0.05) is 0 Å². The first-order valence-corrected chi connectivity index (χ1v) is 7.12. The zero-order valence-corrected chi connectivity index (χ0v) is 12.4. The molecule has 2 aromatic rings. The minimum Gasteiger partial charge on any atom is -0.454 e. The van der Waals surface area contributed by atoms with Gasteiger partial charge >= 0.3 is 0 Å². The molecule has 2 rings (SSSR count). The highest BCUT2D eigenvalue weighted by atomic mass is 127. The molecule has 0 aliphatic carbocycles. The summed E-state index contributed by atoms with van der Waals surface area (Å²) in [6, 6.07) is 8.16. The summed E-state index contributed by atoms with van der Waals surface area (Å²) in [6.07, 6.45) is 0. The van der Waals surface area contributed by atoms with E-state index in [2.05, 4.69) is 56.0 Å². The summed E-state index contributed by atoms with van der Waals surface area (Å²) in [6.45, 7) is 1.66. The SMILES string of the molecule is Brc1ccc(CNCc2ccc(I)o2)s1. The second kappa shape index (κ2) is 5.47. The van der Waals surface area contributed by atoms with Crippen LogP contribution in [0.5, 0.6) is 0 Å². The molecule has 0 bridgehead atoms. The summed E-state index contributed by atoms with van der Waals surface area (Å²) >= 11 is 7.36. The lowest BCUT2D eigenvalue weighted by molar-refractivity contribution is 0.463. The van der Waals surface area contributed by atoms with Crippen molar-refractivity contribution < 1.29 is 4.42 Å². The lowest BCUT2D eigenvalue weighted by Gasteiger charge is -1.99. The number of rotatable bonds is 4. The van der Waals surface area contributed by atoms with Crippen LogP contribution >= 0.6 is 49.9 Å². The smallest absolute Gasteiger partial charge is 0.164 e. The van der Waals surface area contributed by atoms with E-state index < -0.39 is 0 Å². The van der Waals surface area contributed by atoms with Gasteiger partial charge in [0.1, 0.15) is 5.76 Å². The number of hydrogen-bond acceptors (Lipinski definition) is 3. The number of hydrogen-bond donors (Lipinski definition) is 1. The van der Waals surface area contributed by atoms with E-state index >= 15 is 0 Å². The van der Waals surface area contributed by atoms with Gasteiger partial charge in [-0.3, -0.25) is 0 Å². The van der Waals surface area contributed by atoms with Crippen molar-refractivity contribution in [3.05, 3.63) is 42.5 Å². The molecule has 80 valence electrons. The fraction of sp³-hybridized carbons (Fsp3) is 0.200. The lowest BCUT2D eigenvalue weighted by Crippen LogP contribution is -2.10. The van der Waals surface area contributed by atoms with Gasteiger partial charge in [0.25, 0.3) is 0 Å². The van der Waals surface area contributed by atoms with Crippen molar-refractivity contribution in [1.82, 2.24) is 5.32 Å². The monoisotopic (exact) mass is 397 g/mol. The van der Waals surface area contributed by atoms with Crippen molar-refractivity contribution in [1.29, 1.82) is 0 Å². The molecule has 2 aromatic heterocycles. The van der Waals surface area contributed by atoms with Gasteiger partial charge in [0.05, 0.1) is 10.3 Å². The van der Waals surface area contributed by atoms with Crippen LogP contribution in [0.3, 0.4) is 0 Å². The predicted molar refractivity (Wildman–Crippen MR) is 74.0 cm³/mol. The molecule has 0 radical (unpaired) electrons. The summed E-state index contributed by atoms with van der Waals surface area (Å²) in [5.74, 6) is 0.982. The van der Waals surface area contributed by atoms with Gasteiger partial charge in [-0.05, 0) is 62.8 Å². The highest BCUT2D eigenvalue weighted by Gasteiger charge is 2.00. The van der Waals surface area contributed by atoms with Crippen molar-refractivity contribution in [2.45, 2.75) is 13.1 Å². The van der Waals surface area contributed by atoms with Crippen LogP contribution in [0.1, 0.15) is 10.6 Å². The van der Waals surface area contributed by atoms with E-state index in [0.29, 0.717) is 0 Å². The normalized spacial score (nSPS) is 10.8. The van der Waals surface area contributed by atoms with Gasteiger partial charge in [-0.15, -0.1) is 11.3 Å². The molecule has 2 heterocycles. The number of furan rings is 1. The summed E-state index contributed by atoms with van der Waals surface area (Å²) in [4.78, 5) is 1.32. The Bertz CT molecular complexity index is 400. The zero-order valence-electron chi connectivity index (χ0n) is 7.80. The van der Waals surface area contributed by atoms with Crippen molar-refractivity contribution >= 4 is 49.9 Å². The first-order chi connectivity index (χ1) is 7.24. The third kappa shape index (κ3) is 3.58. The first kappa shape index (κ1) is 11.6. The van der Waals surface area contributed by atoms with Crippen LogP contribution in [-0.2, 0) is 13.1 Å². The van der Waals surface area contributed by atoms with Gasteiger partial charge in [0, 0.05) is 11.4 Å². The summed E-state index contributed by atoms with van der Waals surface area (Å²) in [5.41, 5.74) is 0. The minimum atomic E-state index is 0.776. The Morgan fingerprint density at radius 2 is 2.13 bits per heavy atom. The van der Waals surface area contributed by atoms with Crippen molar-refractivity contribution in [3.8, 4) is 0 Å². The van der Waals surface area contributed by atoms with Crippen molar-refractivity contribution in [3.63, 3.8) is 0 Å². The molecule has 0 amide bonds. The summed E-state index contributed by atoms with van der Waals surface area (Å²) in [5, 5.41) is 3.34. The van der Waals surface area contributed by atoms with Crippen molar-refractivity contribution in [2.75, 3.05) is 0 Å². The largest absolute Gasteiger partial charge is 0.454 e. The Morgan fingerprint density at radius 1 is 1.27 bits per heavy atom. The number of thiophene rings is 1. The highest BCUT2D eigenvalue weighted by molar-refractivity contribution is 14.1. The Kier molecular flexibility index (Phi) is 4.24. The van der Waals surface area contributed by atoms with Crippen LogP contribution in [0.2, 0.25) is 0 Å². The van der Waals surface area contributed by atoms with Crippen LogP contribution in [0, 0.1) is 3.77 Å². The van der Waals surface area contributed by atoms with E-state index in [0.717, 1.165) is 22.6 Å². The van der Waals surface area contributed by atoms with Crippen LogP contribution in [-0.4, -0.2) is 0 Å². The molecule has 0 spiro atoms. The molecule has 0 saturated carbocycles. The minimum absolute atomic E-state index is 0.776. The molecule has 15 heavy (non-hydrogen) atoms. The zero-order chi connectivity index (χ0) is 10.7. The fourth-order valence-corrected chi connectivity index (χ4v) is 3.12. The van der Waals surface area contributed by atoms with E-state index in [1.54, 1.807) is 11.3 Å². The molecule has 0 aliphatic heterocycles. The van der Waals surface area contributed by atoms with Crippen LogP contribution in [0.4, 0.5) is 0 Å². The van der Waals surface area contributed by atoms with E-state index in [-0.39, 0.29) is 0 Å². The average Bonchev–Trinajstić information content (AvgIpc) is 2.76. The number of nitrogens with one attached hydrogen (secondary N) is 1. The van der Waals surface area contributed by atoms with E-state index in [4.69, 9.17) is 4.42 Å². The van der Waals surface area contributed by atoms with E-state index in [1.807, 2.05) is 12.1 Å². The maximum absolute atomic E-state index is 5.44. The standard InChI is InChI=1S/C10H9BrINOS/c11-9-3-2-8(15-9)6-13-5-7-1-4-10(12)14-7/h1-4,13H,5-6H2. The van der Waals surface area contributed by atoms with Crippen LogP contribution < -0.4 is 5.32 Å². The van der Waals surface area contributed by atoms with Gasteiger partial charge in [-0.2, -0.15) is 0 Å². The predicted octanol–water partition coefficient (Wildman–Crippen LogP) is 4.00. The Hall–Kier alpha value is 0.150. The Balaban J connectivity index is 1.80. The molecule has 2 nitrogen and oxygen atoms in total. The second-order valence-corrected chi connectivity index (χ2v) is 6.63. The molecule has 0 unspecified atom stereocenters. The fourth-order valence-electron chi connectivity index (χ4n) is 1.20. The molecule has 0 atom stereocenters. The number of halogens is 2. The maximum atomic E-state index is 5.44. The second-order valence-electron chi connectivity index (χ2n) is 3.02. The Labute approximate surface area is 114 Å². The molecule has 5 heteroatoms. The molecular formula is C10H9BrINOS. The quantitative estimate of drug-likeness (QED) is 0.789. The topological polar surface area (TPSA) is 25.2 Å². The Morgan fingerprint density at radius 3 is 2.73 bits per heavy atom. The third-order valence-electron chi connectivity index (χ3n) is 1.86. The third-order valence-corrected chi connectivity index (χ3v) is 4.06. The lowest BCUT2D eigenvalue weighted by atomic mass is 10.4. The van der Waals surface area contributed by atoms with Gasteiger partial charge in [-0.25, -0.2) is 0 Å². The molecule has 0 saturated heterocycles. The van der Waals surface area contributed by atoms with Crippen LogP contribution in [0.15, 0.2) is 32.5 Å². The maximum Gasteiger partial charge on any atom is 0.164 e. The molecular weight excluding hydrogens is 389 g/mol. The molecule has 0 aromatic carbocycles. The van der Waals surface area contributed by atoms with Crippen LogP contribution in [0.25, 0.3) is 0 Å². The van der Waals surface area contributed by atoms with Gasteiger partial charge in [0.2, 0.25) is 0 Å². The van der Waals surface area contributed by atoms with E-state index in [1.165, 1.54) is 8.66 Å². The molecule has 0 aliphatic rings. The van der Waals surface area contributed by atoms with Gasteiger partial charge in [0.15, 0.2) is 3.77 Å². The molecule has 1 N–H and O–H groups in total. The van der Waals surface area contributed by atoms with E-state index in [9.17, 15) is 0 Å². The average molecular weight is 398 g/mol. The highest BCUT2D eigenvalue weighted by Crippen LogP contribution is 2.21. The summed E-state index contributed by atoms with van der Waals surface area (Å²) < 4.78 is 7.55.